The molecule has 1 aliphatic carbocycles. The van der Waals surface area contributed by atoms with Crippen molar-refractivity contribution in [2.45, 2.75) is 57.8 Å². The average molecular weight is 364 g/mol. The van der Waals surface area contributed by atoms with Crippen molar-refractivity contribution in [2.24, 2.45) is 4.99 Å². The molecule has 0 saturated carbocycles. The average Bonchev–Trinajstić information content (AvgIpc) is 3.41. The highest BCUT2D eigenvalue weighted by Crippen LogP contribution is 2.34. The van der Waals surface area contributed by atoms with Crippen LogP contribution in [0.4, 0.5) is 0 Å². The van der Waals surface area contributed by atoms with Crippen LogP contribution in [0.3, 0.4) is 0 Å². The molecule has 4 heteroatoms. The van der Waals surface area contributed by atoms with Gasteiger partial charge in [0.25, 0.3) is 0 Å². The first-order valence-electron chi connectivity index (χ1n) is 10.2. The maximum atomic E-state index is 5.61. The molecule has 2 N–H and O–H groups in total. The zero-order chi connectivity index (χ0) is 18.6. The Hall–Kier alpha value is -2.49. The molecule has 2 aromatic heterocycles. The van der Waals surface area contributed by atoms with Gasteiger partial charge in [-0.25, -0.2) is 4.99 Å². The molecule has 27 heavy (non-hydrogen) atoms. The van der Waals surface area contributed by atoms with Crippen LogP contribution in [0, 0.1) is 0 Å². The summed E-state index contributed by atoms with van der Waals surface area (Å²) in [5.74, 6) is 1.43. The molecule has 0 unspecified atom stereocenters. The maximum absolute atomic E-state index is 5.61. The molecule has 0 radical (unpaired) electrons. The van der Waals surface area contributed by atoms with Crippen molar-refractivity contribution in [3.05, 3.63) is 64.6 Å². The van der Waals surface area contributed by atoms with Gasteiger partial charge in [0, 0.05) is 23.7 Å². The van der Waals surface area contributed by atoms with Gasteiger partial charge in [0.15, 0.2) is 0 Å². The third-order valence-corrected chi connectivity index (χ3v) is 5.75. The van der Waals surface area contributed by atoms with Gasteiger partial charge in [0.1, 0.15) is 11.5 Å². The minimum absolute atomic E-state index is 0.614. The largest absolute Gasteiger partial charge is 0.494 e. The summed E-state index contributed by atoms with van der Waals surface area (Å²) in [4.78, 5) is 11.7. The quantitative estimate of drug-likeness (QED) is 0.717. The SMILES string of the molecule is CC[C@@H]1CCCCCCc2cc1c(/C=C1\N=C(c3ccc[nH]3)C=C1OC)[nH]2. The van der Waals surface area contributed by atoms with Gasteiger partial charge < -0.3 is 14.7 Å². The van der Waals surface area contributed by atoms with Crippen LogP contribution in [0.5, 0.6) is 0 Å². The highest BCUT2D eigenvalue weighted by Gasteiger charge is 2.21. The molecular formula is C23H29N3O. The van der Waals surface area contributed by atoms with Crippen LogP contribution < -0.4 is 0 Å². The molecule has 4 rings (SSSR count). The Kier molecular flexibility index (Phi) is 5.33. The van der Waals surface area contributed by atoms with E-state index < -0.39 is 0 Å². The van der Waals surface area contributed by atoms with Gasteiger partial charge in [-0.3, -0.25) is 0 Å². The number of nitrogens with one attached hydrogen (secondary N) is 2. The third kappa shape index (κ3) is 3.80. The Balaban J connectivity index is 1.72. The van der Waals surface area contributed by atoms with E-state index in [1.165, 1.54) is 55.5 Å². The zero-order valence-electron chi connectivity index (χ0n) is 16.3. The second kappa shape index (κ2) is 8.03. The van der Waals surface area contributed by atoms with E-state index in [9.17, 15) is 0 Å². The summed E-state index contributed by atoms with van der Waals surface area (Å²) in [6.07, 6.45) is 15.0. The lowest BCUT2D eigenvalue weighted by Crippen LogP contribution is -1.99. The van der Waals surface area contributed by atoms with Crippen molar-refractivity contribution in [2.75, 3.05) is 7.11 Å². The molecule has 4 nitrogen and oxygen atoms in total. The molecule has 0 amide bonds. The molecular weight excluding hydrogens is 334 g/mol. The number of methoxy groups -OCH3 is 1. The van der Waals surface area contributed by atoms with Crippen LogP contribution in [-0.2, 0) is 11.2 Å². The van der Waals surface area contributed by atoms with Gasteiger partial charge in [-0.15, -0.1) is 0 Å². The van der Waals surface area contributed by atoms with Crippen molar-refractivity contribution in [3.63, 3.8) is 0 Å². The second-order valence-electron chi connectivity index (χ2n) is 7.54. The van der Waals surface area contributed by atoms with Crippen LogP contribution in [0.2, 0.25) is 0 Å². The van der Waals surface area contributed by atoms with Crippen molar-refractivity contribution in [3.8, 4) is 0 Å². The predicted molar refractivity (Wildman–Crippen MR) is 111 cm³/mol. The van der Waals surface area contributed by atoms with E-state index >= 15 is 0 Å². The van der Waals surface area contributed by atoms with Gasteiger partial charge in [0.2, 0.25) is 0 Å². The lowest BCUT2D eigenvalue weighted by atomic mass is 9.89. The van der Waals surface area contributed by atoms with E-state index in [1.807, 2.05) is 24.4 Å². The number of aliphatic imine (C=N–C) groups is 1. The monoisotopic (exact) mass is 363 g/mol. The lowest BCUT2D eigenvalue weighted by molar-refractivity contribution is 0.303. The standard InChI is InChI=1S/C23H29N3O/c1-3-16-9-6-4-5-7-10-17-13-18(16)20(25-17)14-22-23(27-2)15-21(26-22)19-11-8-12-24-19/h8,11-16,24-25H,3-7,9-10H2,1-2H3/b22-14-/t16-/m1/s1. The number of nitrogens with zero attached hydrogens (tertiary/aromatic N) is 1. The van der Waals surface area contributed by atoms with Crippen molar-refractivity contribution >= 4 is 11.8 Å². The zero-order valence-corrected chi connectivity index (χ0v) is 16.3. The van der Waals surface area contributed by atoms with Gasteiger partial charge >= 0.3 is 0 Å². The van der Waals surface area contributed by atoms with Crippen LogP contribution in [-0.4, -0.2) is 22.8 Å². The third-order valence-electron chi connectivity index (χ3n) is 5.75. The number of ether oxygens (including phenoxy) is 1. The summed E-state index contributed by atoms with van der Waals surface area (Å²) in [6, 6.07) is 6.42. The Morgan fingerprint density at radius 1 is 1.26 bits per heavy atom. The summed E-state index contributed by atoms with van der Waals surface area (Å²) in [6.45, 7) is 2.30. The number of rotatable bonds is 4. The summed E-state index contributed by atoms with van der Waals surface area (Å²) in [5.41, 5.74) is 6.82. The topological polar surface area (TPSA) is 53.2 Å². The minimum Gasteiger partial charge on any atom is -0.494 e. The first-order valence-corrected chi connectivity index (χ1v) is 10.2. The highest BCUT2D eigenvalue weighted by molar-refractivity contribution is 6.11. The molecule has 0 saturated heterocycles. The lowest BCUT2D eigenvalue weighted by Gasteiger charge is -2.15. The number of aromatic amines is 2. The van der Waals surface area contributed by atoms with Crippen molar-refractivity contribution < 1.29 is 4.74 Å². The smallest absolute Gasteiger partial charge is 0.146 e. The first kappa shape index (κ1) is 17.9. The van der Waals surface area contributed by atoms with Crippen LogP contribution in [0.15, 0.2) is 46.9 Å². The second-order valence-corrected chi connectivity index (χ2v) is 7.54. The normalized spacial score (nSPS) is 21.9. The molecule has 142 valence electrons. The van der Waals surface area contributed by atoms with Crippen LogP contribution in [0.1, 0.15) is 74.0 Å². The van der Waals surface area contributed by atoms with Gasteiger partial charge in [-0.05, 0) is 61.4 Å². The fourth-order valence-corrected chi connectivity index (χ4v) is 4.22. The van der Waals surface area contributed by atoms with Crippen LogP contribution >= 0.6 is 0 Å². The number of aryl methyl sites for hydroxylation is 1. The van der Waals surface area contributed by atoms with E-state index in [4.69, 9.17) is 9.73 Å². The fourth-order valence-electron chi connectivity index (χ4n) is 4.22. The molecule has 0 aromatic carbocycles. The van der Waals surface area contributed by atoms with E-state index in [0.717, 1.165) is 29.3 Å². The van der Waals surface area contributed by atoms with Gasteiger partial charge in [-0.1, -0.05) is 26.2 Å². The number of hydrogen-bond acceptors (Lipinski definition) is 2. The summed E-state index contributed by atoms with van der Waals surface area (Å²) in [5, 5.41) is 0. The Morgan fingerprint density at radius 3 is 2.93 bits per heavy atom. The summed E-state index contributed by atoms with van der Waals surface area (Å²) >= 11 is 0. The van der Waals surface area contributed by atoms with Crippen molar-refractivity contribution in [1.82, 2.24) is 9.97 Å². The minimum atomic E-state index is 0.614. The molecule has 3 heterocycles. The fraction of sp³-hybridized carbons (Fsp3) is 0.435. The maximum Gasteiger partial charge on any atom is 0.146 e. The highest BCUT2D eigenvalue weighted by atomic mass is 16.5. The molecule has 1 aliphatic heterocycles. The Bertz CT molecular complexity index is 868. The van der Waals surface area contributed by atoms with E-state index in [0.29, 0.717) is 5.92 Å². The number of hydrogen-bond donors (Lipinski definition) is 2. The van der Waals surface area contributed by atoms with E-state index in [1.54, 1.807) is 7.11 Å². The molecule has 0 fully saturated rings. The van der Waals surface area contributed by atoms with E-state index in [-0.39, 0.29) is 0 Å². The molecule has 2 aliphatic rings. The number of H-pyrrole nitrogens is 2. The predicted octanol–water partition coefficient (Wildman–Crippen LogP) is 5.72. The molecule has 1 atom stereocenters. The Morgan fingerprint density at radius 2 is 2.15 bits per heavy atom. The summed E-state index contributed by atoms with van der Waals surface area (Å²) < 4.78 is 5.61. The van der Waals surface area contributed by atoms with Gasteiger partial charge in [0.05, 0.1) is 18.5 Å². The van der Waals surface area contributed by atoms with Crippen LogP contribution in [0.25, 0.3) is 6.08 Å². The molecule has 2 bridgehead atoms. The molecule has 2 aromatic rings. The van der Waals surface area contributed by atoms with Crippen molar-refractivity contribution in [1.29, 1.82) is 0 Å². The molecule has 0 spiro atoms. The van der Waals surface area contributed by atoms with E-state index in [2.05, 4.69) is 29.0 Å². The number of allylic oxidation sites excluding steroid dienone is 1. The first-order chi connectivity index (χ1) is 13.3. The summed E-state index contributed by atoms with van der Waals surface area (Å²) in [7, 11) is 1.71. The Labute approximate surface area is 161 Å². The number of fused-ring (bicyclic) bond motifs is 2. The van der Waals surface area contributed by atoms with Gasteiger partial charge in [-0.2, -0.15) is 0 Å². The number of aromatic nitrogens is 2.